The lowest BCUT2D eigenvalue weighted by atomic mass is 9.95. The van der Waals surface area contributed by atoms with Crippen molar-refractivity contribution in [3.05, 3.63) is 58.1 Å². The Hall–Kier alpha value is -1.71. The predicted octanol–water partition coefficient (Wildman–Crippen LogP) is 5.66. The van der Waals surface area contributed by atoms with Crippen LogP contribution in [0.5, 0.6) is 11.5 Å². The van der Waals surface area contributed by atoms with Crippen LogP contribution in [0.3, 0.4) is 0 Å². The molecule has 1 aliphatic carbocycles. The van der Waals surface area contributed by atoms with Gasteiger partial charge >= 0.3 is 0 Å². The number of benzene rings is 2. The number of hydrogen-bond acceptors (Lipinski definition) is 3. The van der Waals surface area contributed by atoms with Gasteiger partial charge in [-0.25, -0.2) is 0 Å². The second-order valence-corrected chi connectivity index (χ2v) is 7.51. The second-order valence-electron chi connectivity index (χ2n) is 7.10. The van der Waals surface area contributed by atoms with E-state index in [1.54, 1.807) is 7.11 Å². The molecule has 0 aliphatic heterocycles. The summed E-state index contributed by atoms with van der Waals surface area (Å²) in [6.07, 6.45) is 6.55. The number of nitrogens with one attached hydrogen (secondary N) is 1. The molecule has 4 heteroatoms. The normalized spacial score (nSPS) is 15.0. The zero-order valence-electron chi connectivity index (χ0n) is 15.7. The van der Waals surface area contributed by atoms with Crippen LogP contribution in [0.2, 0.25) is 5.02 Å². The minimum Gasteiger partial charge on any atom is -0.493 e. The highest BCUT2D eigenvalue weighted by Gasteiger charge is 2.15. The molecule has 0 unspecified atom stereocenters. The van der Waals surface area contributed by atoms with Crippen LogP contribution in [0.25, 0.3) is 0 Å². The Morgan fingerprint density at radius 3 is 2.62 bits per heavy atom. The van der Waals surface area contributed by atoms with Crippen LogP contribution in [0.15, 0.2) is 36.4 Å². The molecule has 26 heavy (non-hydrogen) atoms. The Labute approximate surface area is 161 Å². The van der Waals surface area contributed by atoms with Gasteiger partial charge in [-0.1, -0.05) is 60.7 Å². The van der Waals surface area contributed by atoms with Crippen molar-refractivity contribution in [2.45, 2.75) is 58.2 Å². The fourth-order valence-electron chi connectivity index (χ4n) is 3.54. The van der Waals surface area contributed by atoms with E-state index in [9.17, 15) is 0 Å². The van der Waals surface area contributed by atoms with Gasteiger partial charge in [-0.2, -0.15) is 0 Å². The van der Waals surface area contributed by atoms with E-state index in [1.807, 2.05) is 18.2 Å². The minimum absolute atomic E-state index is 0.470. The molecule has 3 rings (SSSR count). The van der Waals surface area contributed by atoms with Crippen molar-refractivity contribution in [2.24, 2.45) is 0 Å². The number of aryl methyl sites for hydroxylation is 1. The van der Waals surface area contributed by atoms with Crippen LogP contribution in [0.4, 0.5) is 0 Å². The molecule has 0 saturated heterocycles. The van der Waals surface area contributed by atoms with Gasteiger partial charge in [0.15, 0.2) is 11.5 Å². The van der Waals surface area contributed by atoms with E-state index in [1.165, 1.54) is 37.7 Å². The maximum Gasteiger partial charge on any atom is 0.180 e. The van der Waals surface area contributed by atoms with Crippen LogP contribution in [0.1, 0.15) is 48.8 Å². The van der Waals surface area contributed by atoms with Crippen LogP contribution in [0, 0.1) is 6.92 Å². The first-order valence-corrected chi connectivity index (χ1v) is 9.81. The van der Waals surface area contributed by atoms with Crippen LogP contribution in [-0.2, 0) is 13.2 Å². The van der Waals surface area contributed by atoms with Gasteiger partial charge in [-0.3, -0.25) is 0 Å². The minimum atomic E-state index is 0.470. The molecule has 0 amide bonds. The third-order valence-corrected chi connectivity index (χ3v) is 5.24. The number of rotatable bonds is 7. The van der Waals surface area contributed by atoms with Gasteiger partial charge in [0, 0.05) is 12.6 Å². The van der Waals surface area contributed by atoms with Crippen molar-refractivity contribution in [3.8, 4) is 11.5 Å². The molecular formula is C22H28ClNO2. The van der Waals surface area contributed by atoms with Gasteiger partial charge in [0.1, 0.15) is 6.61 Å². The molecule has 0 radical (unpaired) electrons. The second kappa shape index (κ2) is 9.29. The molecular weight excluding hydrogens is 346 g/mol. The monoisotopic (exact) mass is 373 g/mol. The number of ether oxygens (including phenoxy) is 2. The van der Waals surface area contributed by atoms with Crippen LogP contribution < -0.4 is 14.8 Å². The Kier molecular flexibility index (Phi) is 6.81. The average Bonchev–Trinajstić information content (AvgIpc) is 2.66. The summed E-state index contributed by atoms with van der Waals surface area (Å²) in [6.45, 7) is 3.35. The fraction of sp³-hybridized carbons (Fsp3) is 0.455. The molecule has 1 N–H and O–H groups in total. The van der Waals surface area contributed by atoms with Crippen molar-refractivity contribution in [1.29, 1.82) is 0 Å². The summed E-state index contributed by atoms with van der Waals surface area (Å²) in [5.74, 6) is 1.29. The zero-order chi connectivity index (χ0) is 18.4. The van der Waals surface area contributed by atoms with Crippen molar-refractivity contribution < 1.29 is 9.47 Å². The van der Waals surface area contributed by atoms with E-state index < -0.39 is 0 Å². The van der Waals surface area contributed by atoms with Gasteiger partial charge in [-0.15, -0.1) is 0 Å². The largest absolute Gasteiger partial charge is 0.493 e. The SMILES string of the molecule is COc1cc(CNC2CCCCC2)cc(Cl)c1OCc1cccc(C)c1. The molecule has 2 aromatic carbocycles. The highest BCUT2D eigenvalue weighted by molar-refractivity contribution is 6.32. The third-order valence-electron chi connectivity index (χ3n) is 4.95. The van der Waals surface area contributed by atoms with Crippen molar-refractivity contribution >= 4 is 11.6 Å². The first-order chi connectivity index (χ1) is 12.7. The zero-order valence-corrected chi connectivity index (χ0v) is 16.4. The fourth-order valence-corrected chi connectivity index (χ4v) is 3.83. The predicted molar refractivity (Wildman–Crippen MR) is 107 cm³/mol. The van der Waals surface area contributed by atoms with E-state index in [4.69, 9.17) is 21.1 Å². The number of hydrogen-bond donors (Lipinski definition) is 1. The van der Waals surface area contributed by atoms with Crippen molar-refractivity contribution in [1.82, 2.24) is 5.32 Å². The molecule has 1 fully saturated rings. The van der Waals surface area contributed by atoms with E-state index in [0.29, 0.717) is 29.2 Å². The maximum atomic E-state index is 6.50. The van der Waals surface area contributed by atoms with E-state index in [-0.39, 0.29) is 0 Å². The third kappa shape index (κ3) is 5.15. The standard InChI is InChI=1S/C22H28ClNO2/c1-16-7-6-8-17(11-16)15-26-22-20(23)12-18(13-21(22)25-2)14-24-19-9-4-3-5-10-19/h6-8,11-13,19,24H,3-5,9-10,14-15H2,1-2H3. The molecule has 1 aliphatic rings. The lowest BCUT2D eigenvalue weighted by Gasteiger charge is -2.23. The highest BCUT2D eigenvalue weighted by Crippen LogP contribution is 2.37. The molecule has 0 aromatic heterocycles. The van der Waals surface area contributed by atoms with Gasteiger partial charge < -0.3 is 14.8 Å². The Bertz CT molecular complexity index is 726. The molecule has 1 saturated carbocycles. The van der Waals surface area contributed by atoms with Gasteiger partial charge in [0.2, 0.25) is 0 Å². The Balaban J connectivity index is 1.66. The summed E-state index contributed by atoms with van der Waals surface area (Å²) in [5.41, 5.74) is 3.46. The van der Waals surface area contributed by atoms with Crippen LogP contribution >= 0.6 is 11.6 Å². The first-order valence-electron chi connectivity index (χ1n) is 9.44. The molecule has 3 nitrogen and oxygen atoms in total. The molecule has 140 valence electrons. The topological polar surface area (TPSA) is 30.5 Å². The van der Waals surface area contributed by atoms with E-state index in [2.05, 4.69) is 30.4 Å². The van der Waals surface area contributed by atoms with Gasteiger partial charge in [-0.05, 0) is 43.0 Å². The molecule has 0 atom stereocenters. The summed E-state index contributed by atoms with van der Waals surface area (Å²) in [5, 5.41) is 4.24. The summed E-state index contributed by atoms with van der Waals surface area (Å²) >= 11 is 6.50. The smallest absolute Gasteiger partial charge is 0.180 e. The highest BCUT2D eigenvalue weighted by atomic mass is 35.5. The van der Waals surface area contributed by atoms with Gasteiger partial charge in [0.25, 0.3) is 0 Å². The lowest BCUT2D eigenvalue weighted by molar-refractivity contribution is 0.284. The Morgan fingerprint density at radius 2 is 1.88 bits per heavy atom. The summed E-state index contributed by atoms with van der Waals surface area (Å²) in [7, 11) is 1.66. The van der Waals surface area contributed by atoms with Crippen molar-refractivity contribution in [3.63, 3.8) is 0 Å². The molecule has 0 bridgehead atoms. The molecule has 0 spiro atoms. The van der Waals surface area contributed by atoms with E-state index >= 15 is 0 Å². The lowest BCUT2D eigenvalue weighted by Crippen LogP contribution is -2.30. The van der Waals surface area contributed by atoms with Crippen LogP contribution in [-0.4, -0.2) is 13.2 Å². The number of halogens is 1. The molecule has 2 aromatic rings. The maximum absolute atomic E-state index is 6.50. The summed E-state index contributed by atoms with van der Waals surface area (Å²) < 4.78 is 11.5. The summed E-state index contributed by atoms with van der Waals surface area (Å²) in [4.78, 5) is 0. The Morgan fingerprint density at radius 1 is 1.08 bits per heavy atom. The molecule has 0 heterocycles. The quantitative estimate of drug-likeness (QED) is 0.679. The van der Waals surface area contributed by atoms with Gasteiger partial charge in [0.05, 0.1) is 12.1 Å². The summed E-state index contributed by atoms with van der Waals surface area (Å²) in [6, 6.07) is 12.9. The first kappa shape index (κ1) is 19.1. The van der Waals surface area contributed by atoms with E-state index in [0.717, 1.165) is 17.7 Å². The number of methoxy groups -OCH3 is 1. The average molecular weight is 374 g/mol. The van der Waals surface area contributed by atoms with Crippen molar-refractivity contribution in [2.75, 3.05) is 7.11 Å².